The van der Waals surface area contributed by atoms with Crippen LogP contribution in [0.15, 0.2) is 36.1 Å². The van der Waals surface area contributed by atoms with Crippen LogP contribution in [0.25, 0.3) is 17.0 Å². The molecule has 1 heterocycles. The number of benzene rings is 1. The topological polar surface area (TPSA) is 57.4 Å². The van der Waals surface area contributed by atoms with Gasteiger partial charge in [-0.25, -0.2) is 0 Å². The molecular weight excluding hydrogens is 433 g/mol. The zero-order valence-electron chi connectivity index (χ0n) is 16.9. The summed E-state index contributed by atoms with van der Waals surface area (Å²) < 4.78 is 5.20. The molecule has 0 unspecified atom stereocenters. The van der Waals surface area contributed by atoms with Crippen molar-refractivity contribution < 1.29 is 9.53 Å². The zero-order chi connectivity index (χ0) is 20.5. The Balaban J connectivity index is 0.00000420. The quantitative estimate of drug-likeness (QED) is 0.219. The molecule has 160 valence electrons. The molecule has 0 bridgehead atoms. The van der Waals surface area contributed by atoms with Gasteiger partial charge in [-0.2, -0.15) is 0 Å². The van der Waals surface area contributed by atoms with Crippen LogP contribution in [-0.2, 0) is 9.53 Å². The van der Waals surface area contributed by atoms with Gasteiger partial charge < -0.3 is 19.9 Å². The maximum Gasteiger partial charge on any atom is 0.286 e. The van der Waals surface area contributed by atoms with Gasteiger partial charge >= 0.3 is 0 Å². The van der Waals surface area contributed by atoms with Crippen molar-refractivity contribution in [1.29, 1.82) is 0 Å². The summed E-state index contributed by atoms with van der Waals surface area (Å²) in [6.45, 7) is 7.89. The van der Waals surface area contributed by atoms with Gasteiger partial charge in [0, 0.05) is 23.1 Å². The first kappa shape index (κ1) is 25.4. The molecule has 0 saturated heterocycles. The van der Waals surface area contributed by atoms with Crippen LogP contribution in [0.3, 0.4) is 0 Å². The summed E-state index contributed by atoms with van der Waals surface area (Å²) in [6, 6.07) is 5.56. The van der Waals surface area contributed by atoms with E-state index in [0.717, 1.165) is 42.7 Å². The normalized spacial score (nSPS) is 11.9. The number of nitrogens with one attached hydrogen (secondary N) is 2. The molecular formula is C21H28Cl3N3O2. The van der Waals surface area contributed by atoms with Crippen LogP contribution in [0, 0.1) is 0 Å². The Kier molecular flexibility index (Phi) is 11.2. The van der Waals surface area contributed by atoms with Gasteiger partial charge in [0.15, 0.2) is 5.76 Å². The van der Waals surface area contributed by atoms with Crippen LogP contribution < -0.4 is 5.32 Å². The lowest BCUT2D eigenvalue weighted by atomic mass is 10.2. The minimum absolute atomic E-state index is 0. The maximum atomic E-state index is 12.2. The highest BCUT2D eigenvalue weighted by molar-refractivity contribution is 6.42. The second-order valence-electron chi connectivity index (χ2n) is 6.31. The lowest BCUT2D eigenvalue weighted by molar-refractivity contribution is -0.120. The van der Waals surface area contributed by atoms with Gasteiger partial charge in [0.1, 0.15) is 0 Å². The van der Waals surface area contributed by atoms with Crippen molar-refractivity contribution in [3.8, 4) is 0 Å². The molecule has 2 N–H and O–H groups in total. The molecule has 1 aromatic carbocycles. The number of carbonyl (C=O) groups is 1. The van der Waals surface area contributed by atoms with E-state index in [1.807, 2.05) is 18.2 Å². The van der Waals surface area contributed by atoms with Crippen LogP contribution in [0.4, 0.5) is 0 Å². The molecule has 0 spiro atoms. The number of allylic oxidation sites excluding steroid dienone is 2. The number of aromatic nitrogens is 1. The molecule has 29 heavy (non-hydrogen) atoms. The predicted octanol–water partition coefficient (Wildman–Crippen LogP) is 5.29. The highest BCUT2D eigenvalue weighted by Gasteiger charge is 2.08. The molecule has 0 radical (unpaired) electrons. The highest BCUT2D eigenvalue weighted by Crippen LogP contribution is 2.28. The summed E-state index contributed by atoms with van der Waals surface area (Å²) in [4.78, 5) is 17.8. The Morgan fingerprint density at radius 3 is 2.55 bits per heavy atom. The Morgan fingerprint density at radius 1 is 1.21 bits per heavy atom. The number of rotatable bonds is 10. The summed E-state index contributed by atoms with van der Waals surface area (Å²) in [7, 11) is 1.49. The van der Waals surface area contributed by atoms with Gasteiger partial charge in [-0.3, -0.25) is 4.79 Å². The molecule has 0 fully saturated rings. The van der Waals surface area contributed by atoms with Crippen LogP contribution in [0.2, 0.25) is 10.0 Å². The van der Waals surface area contributed by atoms with Crippen LogP contribution in [-0.4, -0.2) is 49.1 Å². The summed E-state index contributed by atoms with van der Waals surface area (Å²) in [6.07, 6.45) is 6.17. The Hall–Kier alpha value is -1.66. The predicted molar refractivity (Wildman–Crippen MR) is 125 cm³/mol. The molecule has 1 amide bonds. The number of hydrogen-bond acceptors (Lipinski definition) is 3. The van der Waals surface area contributed by atoms with Crippen molar-refractivity contribution in [3.05, 3.63) is 51.8 Å². The van der Waals surface area contributed by atoms with Gasteiger partial charge in [-0.05, 0) is 56.4 Å². The standard InChI is InChI=1S/C21H27Cl2N3O2.ClH/c1-4-26(5-2)11-7-10-24-21(27)20(28-3)9-6-8-16-12-15-13-17(22)18(23)14-19(15)25-16;/h6,8-9,12-14,25H,4-5,7,10-11H2,1-3H3,(H,24,27);1H/b8-6+,20-9-;. The van der Waals surface area contributed by atoms with E-state index >= 15 is 0 Å². The second-order valence-corrected chi connectivity index (χ2v) is 7.12. The maximum absolute atomic E-state index is 12.2. The van der Waals surface area contributed by atoms with E-state index in [-0.39, 0.29) is 24.1 Å². The van der Waals surface area contributed by atoms with Crippen molar-refractivity contribution in [3.63, 3.8) is 0 Å². The molecule has 0 atom stereocenters. The van der Waals surface area contributed by atoms with Crippen LogP contribution in [0.1, 0.15) is 26.0 Å². The number of ether oxygens (including phenoxy) is 1. The molecule has 8 heteroatoms. The van der Waals surface area contributed by atoms with Crippen LogP contribution in [0.5, 0.6) is 0 Å². The van der Waals surface area contributed by atoms with E-state index in [0.29, 0.717) is 16.6 Å². The number of methoxy groups -OCH3 is 1. The van der Waals surface area contributed by atoms with E-state index in [2.05, 4.69) is 29.0 Å². The summed E-state index contributed by atoms with van der Waals surface area (Å²) in [5.74, 6) is 0.0446. The number of halogens is 3. The number of hydrogen-bond donors (Lipinski definition) is 2. The van der Waals surface area contributed by atoms with Crippen molar-refractivity contribution in [2.24, 2.45) is 0 Å². The SMILES string of the molecule is CCN(CC)CCCNC(=O)/C(=C/C=C/c1cc2cc(Cl)c(Cl)cc2[nH]1)OC.Cl. The molecule has 0 aliphatic heterocycles. The number of carbonyl (C=O) groups excluding carboxylic acids is 1. The fourth-order valence-electron chi connectivity index (χ4n) is 2.85. The van der Waals surface area contributed by atoms with Crippen molar-refractivity contribution >= 4 is 58.5 Å². The molecule has 0 aliphatic carbocycles. The average molecular weight is 461 g/mol. The summed E-state index contributed by atoms with van der Waals surface area (Å²) in [5.41, 5.74) is 1.77. The van der Waals surface area contributed by atoms with E-state index in [1.54, 1.807) is 18.2 Å². The van der Waals surface area contributed by atoms with E-state index in [4.69, 9.17) is 27.9 Å². The van der Waals surface area contributed by atoms with Gasteiger partial charge in [-0.15, -0.1) is 12.4 Å². The Morgan fingerprint density at radius 2 is 1.90 bits per heavy atom. The van der Waals surface area contributed by atoms with Gasteiger partial charge in [-0.1, -0.05) is 43.1 Å². The van der Waals surface area contributed by atoms with E-state index < -0.39 is 0 Å². The third-order valence-electron chi connectivity index (χ3n) is 4.48. The highest BCUT2D eigenvalue weighted by atomic mass is 35.5. The lowest BCUT2D eigenvalue weighted by Crippen LogP contribution is -2.30. The third-order valence-corrected chi connectivity index (χ3v) is 5.20. The monoisotopic (exact) mass is 459 g/mol. The summed E-state index contributed by atoms with van der Waals surface area (Å²) in [5, 5.41) is 4.88. The van der Waals surface area contributed by atoms with Crippen molar-refractivity contribution in [2.45, 2.75) is 20.3 Å². The molecule has 0 saturated carbocycles. The number of nitrogens with zero attached hydrogens (tertiary/aromatic N) is 1. The number of aromatic amines is 1. The molecule has 2 rings (SSSR count). The summed E-state index contributed by atoms with van der Waals surface area (Å²) >= 11 is 12.1. The Labute approximate surface area is 188 Å². The number of fused-ring (bicyclic) bond motifs is 1. The molecule has 0 aliphatic rings. The smallest absolute Gasteiger partial charge is 0.286 e. The van der Waals surface area contributed by atoms with E-state index in [9.17, 15) is 4.79 Å². The number of amides is 1. The average Bonchev–Trinajstić information content (AvgIpc) is 3.07. The third kappa shape index (κ3) is 7.59. The first-order valence-corrected chi connectivity index (χ1v) is 10.1. The van der Waals surface area contributed by atoms with E-state index in [1.165, 1.54) is 7.11 Å². The molecule has 5 nitrogen and oxygen atoms in total. The molecule has 2 aromatic rings. The van der Waals surface area contributed by atoms with Crippen molar-refractivity contribution in [1.82, 2.24) is 15.2 Å². The van der Waals surface area contributed by atoms with Gasteiger partial charge in [0.05, 0.1) is 17.2 Å². The first-order valence-electron chi connectivity index (χ1n) is 9.39. The minimum atomic E-state index is -0.220. The minimum Gasteiger partial charge on any atom is -0.491 e. The lowest BCUT2D eigenvalue weighted by Gasteiger charge is -2.17. The fourth-order valence-corrected chi connectivity index (χ4v) is 3.18. The fraction of sp³-hybridized carbons (Fsp3) is 0.381. The van der Waals surface area contributed by atoms with Crippen molar-refractivity contribution in [2.75, 3.05) is 33.3 Å². The molecule has 1 aromatic heterocycles. The number of H-pyrrole nitrogens is 1. The first-order chi connectivity index (χ1) is 13.5. The Bertz CT molecular complexity index is 819. The largest absolute Gasteiger partial charge is 0.491 e. The zero-order valence-corrected chi connectivity index (χ0v) is 19.3. The second kappa shape index (κ2) is 12.8. The van der Waals surface area contributed by atoms with Gasteiger partial charge in [0.25, 0.3) is 5.91 Å². The van der Waals surface area contributed by atoms with Crippen LogP contribution >= 0.6 is 35.6 Å². The van der Waals surface area contributed by atoms with Gasteiger partial charge in [0.2, 0.25) is 0 Å².